The van der Waals surface area contributed by atoms with Crippen molar-refractivity contribution in [2.45, 2.75) is 6.54 Å². The highest BCUT2D eigenvalue weighted by Crippen LogP contribution is 2.28. The summed E-state index contributed by atoms with van der Waals surface area (Å²) in [6, 6.07) is 30.5. The zero-order chi connectivity index (χ0) is 27.2. The topological polar surface area (TPSA) is 65.3 Å². The Kier molecular flexibility index (Phi) is 5.99. The van der Waals surface area contributed by atoms with Gasteiger partial charge in [0.1, 0.15) is 5.58 Å². The fourth-order valence-corrected chi connectivity index (χ4v) is 5.27. The van der Waals surface area contributed by atoms with Gasteiger partial charge in [-0.1, -0.05) is 77.8 Å². The molecule has 6 nitrogen and oxygen atoms in total. The number of furan rings is 1. The fourth-order valence-electron chi connectivity index (χ4n) is 4.95. The monoisotopic (exact) mass is 562 g/mol. The van der Waals surface area contributed by atoms with Crippen molar-refractivity contribution in [1.82, 2.24) is 14.2 Å². The Bertz CT molecular complexity index is 2120. The summed E-state index contributed by atoms with van der Waals surface area (Å²) in [6.45, 7) is 0.590. The minimum atomic E-state index is -0.281. The lowest BCUT2D eigenvalue weighted by Crippen LogP contribution is -2.20. The summed E-state index contributed by atoms with van der Waals surface area (Å²) in [5.41, 5.74) is 3.90. The van der Waals surface area contributed by atoms with Crippen LogP contribution in [0.5, 0.6) is 0 Å². The fraction of sp³-hybridized carbons (Fsp3) is 0.0312. The van der Waals surface area contributed by atoms with E-state index in [9.17, 15) is 4.79 Å². The summed E-state index contributed by atoms with van der Waals surface area (Å²) in [4.78, 5) is 18.4. The van der Waals surface area contributed by atoms with Crippen LogP contribution in [-0.4, -0.2) is 20.4 Å². The molecule has 3 aromatic heterocycles. The van der Waals surface area contributed by atoms with Crippen molar-refractivity contribution in [3.63, 3.8) is 0 Å². The molecule has 8 heteroatoms. The molecule has 194 valence electrons. The van der Waals surface area contributed by atoms with Gasteiger partial charge in [-0.15, -0.1) is 0 Å². The van der Waals surface area contributed by atoms with E-state index in [2.05, 4.69) is 9.67 Å². The molecule has 0 saturated carbocycles. The number of hydrogen-bond donors (Lipinski definition) is 0. The van der Waals surface area contributed by atoms with E-state index in [4.69, 9.17) is 32.6 Å². The minimum Gasteiger partial charge on any atom is -0.453 e. The predicted molar refractivity (Wildman–Crippen MR) is 162 cm³/mol. The van der Waals surface area contributed by atoms with Gasteiger partial charge in [0.05, 0.1) is 27.2 Å². The van der Waals surface area contributed by atoms with E-state index in [0.717, 1.165) is 27.4 Å². The van der Waals surface area contributed by atoms with Crippen LogP contribution < -0.4 is 5.56 Å². The van der Waals surface area contributed by atoms with E-state index >= 15 is 0 Å². The van der Waals surface area contributed by atoms with Crippen molar-refractivity contribution in [2.24, 2.45) is 5.10 Å². The predicted octanol–water partition coefficient (Wildman–Crippen LogP) is 8.00. The van der Waals surface area contributed by atoms with Gasteiger partial charge in [0.25, 0.3) is 5.56 Å². The quantitative estimate of drug-likeness (QED) is 0.199. The van der Waals surface area contributed by atoms with Gasteiger partial charge in [0.2, 0.25) is 5.82 Å². The molecule has 0 unspecified atom stereocenters. The number of para-hydroxylation sites is 3. The first kappa shape index (κ1) is 24.4. The normalized spacial score (nSPS) is 11.8. The number of rotatable bonds is 5. The van der Waals surface area contributed by atoms with Crippen LogP contribution in [-0.2, 0) is 6.54 Å². The molecule has 0 spiro atoms. The van der Waals surface area contributed by atoms with Gasteiger partial charge < -0.3 is 8.98 Å². The summed E-state index contributed by atoms with van der Waals surface area (Å²) in [5.74, 6) is 0.791. The van der Waals surface area contributed by atoms with Crippen LogP contribution in [0.1, 0.15) is 11.1 Å². The van der Waals surface area contributed by atoms with E-state index in [-0.39, 0.29) is 5.56 Å². The van der Waals surface area contributed by atoms with E-state index in [1.807, 2.05) is 91.1 Å². The molecule has 40 heavy (non-hydrogen) atoms. The van der Waals surface area contributed by atoms with Crippen molar-refractivity contribution in [3.05, 3.63) is 135 Å². The molecule has 0 aliphatic heterocycles. The Morgan fingerprint density at radius 1 is 0.850 bits per heavy atom. The molecule has 0 aliphatic rings. The van der Waals surface area contributed by atoms with Gasteiger partial charge in [0.15, 0.2) is 5.76 Å². The third-order valence-corrected chi connectivity index (χ3v) is 7.61. The van der Waals surface area contributed by atoms with Crippen molar-refractivity contribution in [2.75, 3.05) is 0 Å². The van der Waals surface area contributed by atoms with Crippen LogP contribution >= 0.6 is 23.2 Å². The third kappa shape index (κ3) is 4.28. The Morgan fingerprint density at radius 3 is 2.48 bits per heavy atom. The van der Waals surface area contributed by atoms with Gasteiger partial charge in [-0.2, -0.15) is 9.78 Å². The number of halogens is 2. The number of fused-ring (bicyclic) bond motifs is 3. The van der Waals surface area contributed by atoms with Gasteiger partial charge in [-0.05, 0) is 48.0 Å². The Hall–Kier alpha value is -4.65. The smallest absolute Gasteiger partial charge is 0.282 e. The number of aromatic nitrogens is 3. The summed E-state index contributed by atoms with van der Waals surface area (Å²) in [5, 5.41) is 8.09. The van der Waals surface area contributed by atoms with Crippen molar-refractivity contribution < 1.29 is 4.42 Å². The molecule has 0 aliphatic carbocycles. The van der Waals surface area contributed by atoms with Crippen LogP contribution in [0.4, 0.5) is 0 Å². The van der Waals surface area contributed by atoms with Gasteiger partial charge in [-0.3, -0.25) is 4.79 Å². The van der Waals surface area contributed by atoms with Gasteiger partial charge >= 0.3 is 0 Å². The van der Waals surface area contributed by atoms with E-state index in [1.165, 1.54) is 4.68 Å². The summed E-state index contributed by atoms with van der Waals surface area (Å²) in [7, 11) is 0. The molecule has 0 fully saturated rings. The molecule has 0 N–H and O–H groups in total. The molecule has 7 rings (SSSR count). The van der Waals surface area contributed by atoms with Crippen molar-refractivity contribution in [1.29, 1.82) is 0 Å². The standard InChI is InChI=1S/C32H20Cl2N4O2/c33-25-14-13-20(15-26(25)34)18-37-19-22(23-8-3-5-11-28(23)37)17-35-38-31(30-16-21-7-1-6-12-29(21)40-30)36-27-10-4-2-9-24(27)32(38)39/h1-17,19H,18H2. The zero-order valence-corrected chi connectivity index (χ0v) is 22.5. The second kappa shape index (κ2) is 9.83. The highest BCUT2D eigenvalue weighted by Gasteiger charge is 2.17. The molecule has 7 aromatic rings. The molecule has 0 bridgehead atoms. The zero-order valence-electron chi connectivity index (χ0n) is 21.0. The number of benzene rings is 4. The van der Waals surface area contributed by atoms with Crippen molar-refractivity contribution in [3.8, 4) is 11.6 Å². The van der Waals surface area contributed by atoms with Crippen LogP contribution in [0.2, 0.25) is 10.0 Å². The average molecular weight is 563 g/mol. The Morgan fingerprint density at radius 2 is 1.62 bits per heavy atom. The average Bonchev–Trinajstić information content (AvgIpc) is 3.56. The largest absolute Gasteiger partial charge is 0.453 e. The van der Waals surface area contributed by atoms with Crippen LogP contribution in [0.3, 0.4) is 0 Å². The lowest BCUT2D eigenvalue weighted by Gasteiger charge is -2.07. The Balaban J connectivity index is 1.37. The third-order valence-electron chi connectivity index (χ3n) is 6.87. The van der Waals surface area contributed by atoms with Crippen molar-refractivity contribution >= 4 is 62.2 Å². The summed E-state index contributed by atoms with van der Waals surface area (Å²) >= 11 is 12.4. The SMILES string of the molecule is O=c1c2ccccc2nc(-c2cc3ccccc3o2)n1N=Cc1cn(Cc2ccc(Cl)c(Cl)c2)c2ccccc12. The van der Waals surface area contributed by atoms with Crippen LogP contribution in [0.25, 0.3) is 44.4 Å². The highest BCUT2D eigenvalue weighted by atomic mass is 35.5. The van der Waals surface area contributed by atoms with Crippen LogP contribution in [0.15, 0.2) is 118 Å². The van der Waals surface area contributed by atoms with E-state index in [0.29, 0.717) is 44.7 Å². The maximum absolute atomic E-state index is 13.7. The molecule has 0 amide bonds. The molecule has 0 atom stereocenters. The molecular formula is C32H20Cl2N4O2. The minimum absolute atomic E-state index is 0.281. The van der Waals surface area contributed by atoms with Crippen LogP contribution in [0, 0.1) is 0 Å². The molecular weight excluding hydrogens is 543 g/mol. The maximum atomic E-state index is 13.7. The van der Waals surface area contributed by atoms with Gasteiger partial charge in [-0.25, -0.2) is 4.98 Å². The van der Waals surface area contributed by atoms with E-state index in [1.54, 1.807) is 18.3 Å². The lowest BCUT2D eigenvalue weighted by atomic mass is 10.2. The highest BCUT2D eigenvalue weighted by molar-refractivity contribution is 6.42. The number of nitrogens with zero attached hydrogens (tertiary/aromatic N) is 4. The summed E-state index contributed by atoms with van der Waals surface area (Å²) in [6.07, 6.45) is 3.70. The lowest BCUT2D eigenvalue weighted by molar-refractivity contribution is 0.616. The van der Waals surface area contributed by atoms with Gasteiger partial charge in [0, 0.05) is 34.6 Å². The summed E-state index contributed by atoms with van der Waals surface area (Å²) < 4.78 is 9.52. The first-order valence-corrected chi connectivity index (χ1v) is 13.4. The first-order valence-electron chi connectivity index (χ1n) is 12.6. The molecule has 4 aromatic carbocycles. The second-order valence-electron chi connectivity index (χ2n) is 9.44. The Labute approximate surface area is 238 Å². The van der Waals surface area contributed by atoms with E-state index < -0.39 is 0 Å². The molecule has 0 radical (unpaired) electrons. The first-order chi connectivity index (χ1) is 19.5. The molecule has 0 saturated heterocycles. The second-order valence-corrected chi connectivity index (χ2v) is 10.3. The molecule has 3 heterocycles. The number of hydrogen-bond acceptors (Lipinski definition) is 4. The maximum Gasteiger partial charge on any atom is 0.282 e.